The Bertz CT molecular complexity index is 1750. The topological polar surface area (TPSA) is 149 Å². The van der Waals surface area contributed by atoms with Crippen molar-refractivity contribution in [1.82, 2.24) is 15.1 Å². The Balaban J connectivity index is 1.16. The summed E-state index contributed by atoms with van der Waals surface area (Å²) >= 11 is 0. The van der Waals surface area contributed by atoms with Crippen molar-refractivity contribution >= 4 is 23.5 Å². The van der Waals surface area contributed by atoms with Crippen molar-refractivity contribution in [3.8, 4) is 22.6 Å². The van der Waals surface area contributed by atoms with Crippen molar-refractivity contribution < 1.29 is 29.0 Å². The third-order valence-electron chi connectivity index (χ3n) is 8.76. The highest BCUT2D eigenvalue weighted by atomic mass is 16.5. The Labute approximate surface area is 287 Å². The fourth-order valence-electron chi connectivity index (χ4n) is 5.77. The van der Waals surface area contributed by atoms with Crippen LogP contribution >= 0.6 is 0 Å². The number of ether oxygens (including phenoxy) is 2. The number of hydrogen-bond donors (Lipinski definition) is 3. The molecule has 0 saturated heterocycles. The zero-order valence-corrected chi connectivity index (χ0v) is 28.2. The largest absolute Gasteiger partial charge is 0.493 e. The molecule has 0 radical (unpaired) electrons. The lowest BCUT2D eigenvalue weighted by Crippen LogP contribution is -2.31. The predicted octanol–water partition coefficient (Wildman–Crippen LogP) is 5.50. The highest BCUT2D eigenvalue weighted by Gasteiger charge is 2.25. The van der Waals surface area contributed by atoms with E-state index in [0.717, 1.165) is 40.1 Å². The van der Waals surface area contributed by atoms with Crippen LogP contribution in [-0.2, 0) is 16.1 Å². The zero-order valence-electron chi connectivity index (χ0n) is 28.2. The molecule has 5 rings (SSSR count). The summed E-state index contributed by atoms with van der Waals surface area (Å²) in [6, 6.07) is 18.4. The van der Waals surface area contributed by atoms with Gasteiger partial charge in [-0.1, -0.05) is 36.4 Å². The third kappa shape index (κ3) is 9.26. The van der Waals surface area contributed by atoms with E-state index in [4.69, 9.17) is 20.3 Å². The quantitative estimate of drug-likeness (QED) is 0.141. The highest BCUT2D eigenvalue weighted by Crippen LogP contribution is 2.40. The molecule has 1 atom stereocenters. The Morgan fingerprint density at radius 1 is 1.04 bits per heavy atom. The second-order valence-corrected chi connectivity index (χ2v) is 12.4. The number of unbranched alkanes of at least 4 members (excludes halogenated alkanes) is 1. The van der Waals surface area contributed by atoms with Gasteiger partial charge in [0.25, 0.3) is 5.91 Å². The Kier molecular flexibility index (Phi) is 12.0. The van der Waals surface area contributed by atoms with Gasteiger partial charge >= 0.3 is 5.97 Å². The van der Waals surface area contributed by atoms with Crippen LogP contribution in [0.25, 0.3) is 11.1 Å². The zero-order chi connectivity index (χ0) is 34.8. The maximum absolute atomic E-state index is 13.4. The van der Waals surface area contributed by atoms with Gasteiger partial charge in [0.05, 0.1) is 31.6 Å². The lowest BCUT2D eigenvalue weighted by molar-refractivity contribution is -0.138. The molecular formula is C38H45N5O6. The summed E-state index contributed by atoms with van der Waals surface area (Å²) in [5.41, 5.74) is 11.9. The number of nitrogens with two attached hydrogens (primary N) is 1. The molecule has 11 heteroatoms. The molecular weight excluding hydrogens is 622 g/mol. The van der Waals surface area contributed by atoms with Crippen molar-refractivity contribution in [2.24, 2.45) is 5.73 Å². The van der Waals surface area contributed by atoms with E-state index in [0.29, 0.717) is 76.3 Å². The van der Waals surface area contributed by atoms with Gasteiger partial charge in [-0.2, -0.15) is 5.10 Å². The normalized spacial score (nSPS) is 13.2. The average molecular weight is 668 g/mol. The van der Waals surface area contributed by atoms with Crippen LogP contribution in [0.15, 0.2) is 73.1 Å². The molecule has 1 unspecified atom stereocenters. The van der Waals surface area contributed by atoms with Gasteiger partial charge in [0.1, 0.15) is 11.8 Å². The number of carboxylic acid groups (broad SMARTS) is 1. The molecule has 0 fully saturated rings. The second kappa shape index (κ2) is 16.8. The first kappa shape index (κ1) is 35.2. The Hall–Kier alpha value is -5.16. The van der Waals surface area contributed by atoms with Gasteiger partial charge in [0.2, 0.25) is 5.91 Å². The van der Waals surface area contributed by atoms with Crippen LogP contribution < -0.4 is 25.4 Å². The van der Waals surface area contributed by atoms with E-state index in [9.17, 15) is 14.4 Å². The first-order valence-electron chi connectivity index (χ1n) is 16.8. The van der Waals surface area contributed by atoms with Crippen LogP contribution in [0.5, 0.6) is 11.5 Å². The average Bonchev–Trinajstić information content (AvgIpc) is 3.45. The van der Waals surface area contributed by atoms with Crippen molar-refractivity contribution in [2.45, 2.75) is 65.0 Å². The highest BCUT2D eigenvalue weighted by molar-refractivity contribution is 5.97. The molecule has 1 aliphatic heterocycles. The van der Waals surface area contributed by atoms with Crippen LogP contribution in [0.4, 0.5) is 5.69 Å². The molecule has 258 valence electrons. The SMILES string of the molecule is Cc1cccc(OCCCC(=O)N2CCCOc3c(-c4cnn(Cc5ccc(C(=O)NCCCCC(N)C(=O)O)cc5)c4)cccc32)c1C. The number of hydrogen-bond acceptors (Lipinski definition) is 7. The van der Waals surface area contributed by atoms with Gasteiger partial charge in [-0.25, -0.2) is 0 Å². The summed E-state index contributed by atoms with van der Waals surface area (Å²) in [4.78, 5) is 38.6. The van der Waals surface area contributed by atoms with Crippen LogP contribution in [-0.4, -0.2) is 65.0 Å². The van der Waals surface area contributed by atoms with Gasteiger partial charge in [0.15, 0.2) is 5.75 Å². The maximum atomic E-state index is 13.4. The Morgan fingerprint density at radius 2 is 1.84 bits per heavy atom. The number of amides is 2. The van der Waals surface area contributed by atoms with Crippen molar-refractivity contribution in [1.29, 1.82) is 0 Å². The predicted molar refractivity (Wildman–Crippen MR) is 188 cm³/mol. The number of fused-ring (bicyclic) bond motifs is 1. The van der Waals surface area contributed by atoms with Gasteiger partial charge in [0, 0.05) is 42.4 Å². The fraction of sp³-hybridized carbons (Fsp3) is 0.368. The van der Waals surface area contributed by atoms with E-state index in [2.05, 4.69) is 23.4 Å². The minimum Gasteiger partial charge on any atom is -0.493 e. The van der Waals surface area contributed by atoms with Crippen LogP contribution in [0.2, 0.25) is 0 Å². The van der Waals surface area contributed by atoms with Crippen molar-refractivity contribution in [3.05, 3.63) is 95.3 Å². The number of carboxylic acids is 1. The monoisotopic (exact) mass is 667 g/mol. The van der Waals surface area contributed by atoms with Gasteiger partial charge < -0.3 is 30.5 Å². The van der Waals surface area contributed by atoms with E-state index in [1.807, 2.05) is 65.2 Å². The number of aromatic nitrogens is 2. The molecule has 49 heavy (non-hydrogen) atoms. The molecule has 0 bridgehead atoms. The molecule has 11 nitrogen and oxygen atoms in total. The number of nitrogens with zero attached hydrogens (tertiary/aromatic N) is 3. The smallest absolute Gasteiger partial charge is 0.320 e. The molecule has 0 saturated carbocycles. The number of aliphatic carboxylic acids is 1. The molecule has 1 aromatic heterocycles. The molecule has 0 spiro atoms. The van der Waals surface area contributed by atoms with Crippen molar-refractivity contribution in [3.63, 3.8) is 0 Å². The second-order valence-electron chi connectivity index (χ2n) is 12.4. The molecule has 2 heterocycles. The van der Waals surface area contributed by atoms with Crippen LogP contribution in [0.1, 0.15) is 65.6 Å². The number of nitrogens with one attached hydrogen (secondary N) is 1. The Morgan fingerprint density at radius 3 is 2.63 bits per heavy atom. The number of para-hydroxylation sites is 1. The minimum absolute atomic E-state index is 0.0433. The van der Waals surface area contributed by atoms with E-state index in [-0.39, 0.29) is 11.8 Å². The van der Waals surface area contributed by atoms with Crippen LogP contribution in [0.3, 0.4) is 0 Å². The third-order valence-corrected chi connectivity index (χ3v) is 8.76. The first-order valence-corrected chi connectivity index (χ1v) is 16.8. The molecule has 4 N–H and O–H groups in total. The number of aryl methyl sites for hydroxylation is 1. The first-order chi connectivity index (χ1) is 23.7. The summed E-state index contributed by atoms with van der Waals surface area (Å²) in [6.07, 6.45) is 7.12. The molecule has 1 aliphatic rings. The summed E-state index contributed by atoms with van der Waals surface area (Å²) in [6.45, 7) is 6.63. The summed E-state index contributed by atoms with van der Waals surface area (Å²) in [7, 11) is 0. The molecule has 0 aliphatic carbocycles. The lowest BCUT2D eigenvalue weighted by atomic mass is 10.1. The van der Waals surface area contributed by atoms with Crippen molar-refractivity contribution in [2.75, 3.05) is 31.2 Å². The molecule has 3 aromatic carbocycles. The number of carbonyl (C=O) groups is 3. The van der Waals surface area contributed by atoms with E-state index in [1.165, 1.54) is 5.56 Å². The van der Waals surface area contributed by atoms with Gasteiger partial charge in [-0.3, -0.25) is 19.1 Å². The summed E-state index contributed by atoms with van der Waals surface area (Å²) < 4.78 is 14.0. The number of rotatable bonds is 15. The van der Waals surface area contributed by atoms with Crippen LogP contribution in [0, 0.1) is 13.8 Å². The van der Waals surface area contributed by atoms with E-state index >= 15 is 0 Å². The van der Waals surface area contributed by atoms with Gasteiger partial charge in [-0.15, -0.1) is 0 Å². The number of anilines is 1. The molecule has 2 amide bonds. The molecule has 4 aromatic rings. The van der Waals surface area contributed by atoms with Gasteiger partial charge in [-0.05, 0) is 86.9 Å². The minimum atomic E-state index is -1.01. The fourth-order valence-corrected chi connectivity index (χ4v) is 5.77. The summed E-state index contributed by atoms with van der Waals surface area (Å²) in [5.74, 6) is 0.387. The van der Waals surface area contributed by atoms with E-state index < -0.39 is 12.0 Å². The number of carbonyl (C=O) groups excluding carboxylic acids is 2. The maximum Gasteiger partial charge on any atom is 0.320 e. The van der Waals surface area contributed by atoms with E-state index in [1.54, 1.807) is 18.3 Å². The lowest BCUT2D eigenvalue weighted by Gasteiger charge is -2.23. The number of benzene rings is 3. The standard InChI is InChI=1S/C38H45N5O6/c1-26-9-5-13-34(27(26)2)48-21-7-14-35(44)43-20-8-22-49-36-31(10-6-12-33(36)43)30-23-41-42(25-30)24-28-15-17-29(18-16-28)37(45)40-19-4-3-11-32(39)38(46)47/h5-6,9-10,12-13,15-18,23,25,32H,3-4,7-8,11,14,19-22,24,39H2,1-2H3,(H,40,45)(H,46,47). The summed E-state index contributed by atoms with van der Waals surface area (Å²) in [5, 5.41) is 16.3.